The minimum absolute atomic E-state index is 0.246. The lowest BCUT2D eigenvalue weighted by Crippen LogP contribution is -2.30. The number of ketones is 1. The maximum atomic E-state index is 11.9. The highest BCUT2D eigenvalue weighted by molar-refractivity contribution is 5.83. The first-order valence-corrected chi connectivity index (χ1v) is 11.2. The fraction of sp³-hybridized carbons (Fsp3) is 0.955. The fourth-order valence-electron chi connectivity index (χ4n) is 3.35. The number of unbranched alkanes of at least 4 members (excludes halogenated alkanes) is 14. The van der Waals surface area contributed by atoms with E-state index < -0.39 is 0 Å². The van der Waals surface area contributed by atoms with Crippen molar-refractivity contribution in [3.63, 3.8) is 0 Å². The zero-order valence-corrected chi connectivity index (χ0v) is 17.1. The van der Waals surface area contributed by atoms with Crippen molar-refractivity contribution in [2.24, 2.45) is 11.5 Å². The zero-order valence-electron chi connectivity index (χ0n) is 17.1. The summed E-state index contributed by atoms with van der Waals surface area (Å²) in [5, 5.41) is 0. The van der Waals surface area contributed by atoms with Crippen LogP contribution < -0.4 is 11.5 Å². The Labute approximate surface area is 157 Å². The van der Waals surface area contributed by atoms with Crippen molar-refractivity contribution in [1.82, 2.24) is 0 Å². The maximum absolute atomic E-state index is 11.9. The fourth-order valence-corrected chi connectivity index (χ4v) is 3.35. The van der Waals surface area contributed by atoms with Crippen LogP contribution in [-0.2, 0) is 4.79 Å². The molecular weight excluding hydrogens is 308 g/mol. The molecule has 4 N–H and O–H groups in total. The van der Waals surface area contributed by atoms with Crippen LogP contribution in [0.3, 0.4) is 0 Å². The van der Waals surface area contributed by atoms with Crippen LogP contribution in [0.25, 0.3) is 0 Å². The van der Waals surface area contributed by atoms with Gasteiger partial charge in [0.25, 0.3) is 0 Å². The van der Waals surface area contributed by atoms with E-state index in [-0.39, 0.29) is 11.8 Å². The highest BCUT2D eigenvalue weighted by Gasteiger charge is 2.11. The molecule has 0 aromatic carbocycles. The number of nitrogens with two attached hydrogens (primary N) is 2. The molecule has 0 radical (unpaired) electrons. The number of hydrogen-bond donors (Lipinski definition) is 2. The van der Waals surface area contributed by atoms with Gasteiger partial charge in [0.2, 0.25) is 0 Å². The predicted octanol–water partition coefficient (Wildman–Crippen LogP) is 5.88. The summed E-state index contributed by atoms with van der Waals surface area (Å²) in [4.78, 5) is 11.9. The molecule has 0 spiro atoms. The van der Waals surface area contributed by atoms with E-state index in [1.807, 2.05) is 0 Å². The Kier molecular flexibility index (Phi) is 19.6. The largest absolute Gasteiger partial charge is 0.330 e. The van der Waals surface area contributed by atoms with E-state index in [0.29, 0.717) is 13.0 Å². The number of hydrogen-bond acceptors (Lipinski definition) is 3. The normalized spacial score (nSPS) is 12.4. The smallest absolute Gasteiger partial charge is 0.149 e. The van der Waals surface area contributed by atoms with Gasteiger partial charge in [-0.2, -0.15) is 0 Å². The molecule has 0 aromatic heterocycles. The van der Waals surface area contributed by atoms with Crippen molar-refractivity contribution in [3.05, 3.63) is 0 Å². The summed E-state index contributed by atoms with van der Waals surface area (Å²) in [5.74, 6) is 0.246. The van der Waals surface area contributed by atoms with E-state index in [1.54, 1.807) is 0 Å². The number of Topliss-reactive ketones (excluding diaryl/α,β-unsaturated/α-hetero) is 1. The van der Waals surface area contributed by atoms with Crippen LogP contribution in [0.2, 0.25) is 0 Å². The molecule has 3 heteroatoms. The monoisotopic (exact) mass is 354 g/mol. The van der Waals surface area contributed by atoms with E-state index in [0.717, 1.165) is 25.7 Å². The van der Waals surface area contributed by atoms with Gasteiger partial charge in [0.15, 0.2) is 0 Å². The van der Waals surface area contributed by atoms with E-state index in [1.165, 1.54) is 83.5 Å². The zero-order chi connectivity index (χ0) is 18.6. The first-order chi connectivity index (χ1) is 12.2. The maximum Gasteiger partial charge on any atom is 0.149 e. The van der Waals surface area contributed by atoms with Crippen molar-refractivity contribution in [2.45, 2.75) is 129 Å². The molecule has 0 bridgehead atoms. The Balaban J connectivity index is 3.21. The minimum Gasteiger partial charge on any atom is -0.330 e. The Hall–Kier alpha value is -0.410. The standard InChI is InChI=1S/C22H46N2O/c1-2-3-4-5-6-7-8-9-10-11-12-13-14-15-19-22(25)21(24)18-16-17-20-23/h21H,2-20,23-24H2,1H3/t21-/m0/s1. The molecule has 0 saturated heterocycles. The molecule has 0 aromatic rings. The molecule has 0 heterocycles. The van der Waals surface area contributed by atoms with Crippen molar-refractivity contribution in [3.8, 4) is 0 Å². The van der Waals surface area contributed by atoms with Gasteiger partial charge in [-0.05, 0) is 25.8 Å². The highest BCUT2D eigenvalue weighted by atomic mass is 16.1. The molecule has 1 atom stereocenters. The highest BCUT2D eigenvalue weighted by Crippen LogP contribution is 2.13. The van der Waals surface area contributed by atoms with Crippen LogP contribution in [0.15, 0.2) is 0 Å². The van der Waals surface area contributed by atoms with E-state index in [9.17, 15) is 4.79 Å². The molecule has 0 fully saturated rings. The summed E-state index contributed by atoms with van der Waals surface area (Å²) in [6.07, 6.45) is 22.3. The van der Waals surface area contributed by atoms with Crippen LogP contribution in [0.5, 0.6) is 0 Å². The minimum atomic E-state index is -0.256. The van der Waals surface area contributed by atoms with Crippen LogP contribution >= 0.6 is 0 Å². The molecule has 0 rings (SSSR count). The molecule has 0 amide bonds. The Morgan fingerprint density at radius 1 is 0.680 bits per heavy atom. The van der Waals surface area contributed by atoms with Crippen LogP contribution in [-0.4, -0.2) is 18.4 Å². The molecule has 3 nitrogen and oxygen atoms in total. The van der Waals surface area contributed by atoms with Crippen LogP contribution in [0.4, 0.5) is 0 Å². The Morgan fingerprint density at radius 3 is 1.56 bits per heavy atom. The lowest BCUT2D eigenvalue weighted by Gasteiger charge is -2.10. The Morgan fingerprint density at radius 2 is 1.12 bits per heavy atom. The van der Waals surface area contributed by atoms with Crippen molar-refractivity contribution < 1.29 is 4.79 Å². The van der Waals surface area contributed by atoms with Gasteiger partial charge in [0.05, 0.1) is 6.04 Å². The molecule has 0 aliphatic carbocycles. The van der Waals surface area contributed by atoms with Gasteiger partial charge >= 0.3 is 0 Å². The summed E-state index contributed by atoms with van der Waals surface area (Å²) in [6.45, 7) is 2.97. The second kappa shape index (κ2) is 19.9. The van der Waals surface area contributed by atoms with E-state index in [4.69, 9.17) is 11.5 Å². The van der Waals surface area contributed by atoms with E-state index in [2.05, 4.69) is 6.92 Å². The molecule has 0 unspecified atom stereocenters. The quantitative estimate of drug-likeness (QED) is 0.268. The third-order valence-corrected chi connectivity index (χ3v) is 5.16. The molecular formula is C22H46N2O. The molecule has 150 valence electrons. The van der Waals surface area contributed by atoms with Gasteiger partial charge in [-0.15, -0.1) is 0 Å². The first kappa shape index (κ1) is 24.6. The topological polar surface area (TPSA) is 69.1 Å². The number of carbonyl (C=O) groups is 1. The molecule has 0 aliphatic rings. The molecule has 0 saturated carbocycles. The number of rotatable bonds is 20. The van der Waals surface area contributed by atoms with Gasteiger partial charge in [-0.25, -0.2) is 0 Å². The van der Waals surface area contributed by atoms with Crippen LogP contribution in [0, 0.1) is 0 Å². The predicted molar refractivity (Wildman–Crippen MR) is 111 cm³/mol. The third kappa shape index (κ3) is 18.2. The van der Waals surface area contributed by atoms with Crippen molar-refractivity contribution in [2.75, 3.05) is 6.54 Å². The lowest BCUT2D eigenvalue weighted by atomic mass is 10.0. The summed E-state index contributed by atoms with van der Waals surface area (Å²) < 4.78 is 0. The first-order valence-electron chi connectivity index (χ1n) is 11.2. The third-order valence-electron chi connectivity index (χ3n) is 5.16. The second-order valence-electron chi connectivity index (χ2n) is 7.70. The average molecular weight is 355 g/mol. The second-order valence-corrected chi connectivity index (χ2v) is 7.70. The summed E-state index contributed by atoms with van der Waals surface area (Å²) in [5.41, 5.74) is 11.4. The van der Waals surface area contributed by atoms with Gasteiger partial charge in [-0.1, -0.05) is 96.8 Å². The molecule has 25 heavy (non-hydrogen) atoms. The SMILES string of the molecule is CCCCCCCCCCCCCCCCC(=O)[C@@H](N)CCCCN. The van der Waals surface area contributed by atoms with Crippen molar-refractivity contribution in [1.29, 1.82) is 0 Å². The summed E-state index contributed by atoms with van der Waals surface area (Å²) in [7, 11) is 0. The Bertz CT molecular complexity index is 281. The van der Waals surface area contributed by atoms with Gasteiger partial charge in [0, 0.05) is 6.42 Å². The number of carbonyl (C=O) groups excluding carboxylic acids is 1. The van der Waals surface area contributed by atoms with Crippen LogP contribution in [0.1, 0.15) is 122 Å². The van der Waals surface area contributed by atoms with E-state index >= 15 is 0 Å². The van der Waals surface area contributed by atoms with Crippen molar-refractivity contribution >= 4 is 5.78 Å². The average Bonchev–Trinajstić information content (AvgIpc) is 2.61. The summed E-state index contributed by atoms with van der Waals surface area (Å²) in [6, 6.07) is -0.256. The summed E-state index contributed by atoms with van der Waals surface area (Å²) >= 11 is 0. The van der Waals surface area contributed by atoms with Gasteiger partial charge < -0.3 is 11.5 Å². The molecule has 0 aliphatic heterocycles. The van der Waals surface area contributed by atoms with Gasteiger partial charge in [0.1, 0.15) is 5.78 Å². The lowest BCUT2D eigenvalue weighted by molar-refractivity contribution is -0.120. The van der Waals surface area contributed by atoms with Gasteiger partial charge in [-0.3, -0.25) is 4.79 Å².